The first-order valence-electron chi connectivity index (χ1n) is 10.3. The molecule has 5 nitrogen and oxygen atoms in total. The van der Waals surface area contributed by atoms with Crippen molar-refractivity contribution in [3.63, 3.8) is 0 Å². The molecule has 2 aromatic carbocycles. The number of hydrogen-bond acceptors (Lipinski definition) is 4. The van der Waals surface area contributed by atoms with Gasteiger partial charge in [-0.1, -0.05) is 24.3 Å². The summed E-state index contributed by atoms with van der Waals surface area (Å²) in [4.78, 5) is 14.7. The molecule has 29 heavy (non-hydrogen) atoms. The molecule has 5 heteroatoms. The number of fused-ring (bicyclic) bond motifs is 1. The van der Waals surface area contributed by atoms with E-state index in [0.29, 0.717) is 25.3 Å². The maximum absolute atomic E-state index is 12.8. The number of hydrogen-bond donors (Lipinski definition) is 0. The van der Waals surface area contributed by atoms with Gasteiger partial charge in [-0.3, -0.25) is 4.79 Å². The van der Waals surface area contributed by atoms with Crippen LogP contribution in [0.3, 0.4) is 0 Å². The number of carbonyl (C=O) groups excluding carboxylic acids is 1. The molecule has 1 fully saturated rings. The van der Waals surface area contributed by atoms with Gasteiger partial charge in [0.25, 0.3) is 5.91 Å². The topological polar surface area (TPSA) is 48.0 Å². The second-order valence-corrected chi connectivity index (χ2v) is 8.74. The maximum Gasteiger partial charge on any atom is 0.254 e. The molecule has 0 aromatic heterocycles. The van der Waals surface area contributed by atoms with Crippen molar-refractivity contribution < 1.29 is 19.0 Å². The Morgan fingerprint density at radius 2 is 1.79 bits per heavy atom. The predicted molar refractivity (Wildman–Crippen MR) is 112 cm³/mol. The van der Waals surface area contributed by atoms with E-state index in [-0.39, 0.29) is 23.7 Å². The van der Waals surface area contributed by atoms with Crippen molar-refractivity contribution in [3.8, 4) is 11.5 Å². The molecule has 2 aliphatic heterocycles. The van der Waals surface area contributed by atoms with Crippen LogP contribution in [0, 0.1) is 0 Å². The Kier molecular flexibility index (Phi) is 5.26. The van der Waals surface area contributed by atoms with Gasteiger partial charge in [-0.15, -0.1) is 0 Å². The Morgan fingerprint density at radius 1 is 1.10 bits per heavy atom. The molecule has 0 unspecified atom stereocenters. The average molecular weight is 395 g/mol. The Bertz CT molecular complexity index is 880. The third-order valence-electron chi connectivity index (χ3n) is 5.36. The van der Waals surface area contributed by atoms with Crippen LogP contribution in [0.25, 0.3) is 0 Å². The molecular weight excluding hydrogens is 366 g/mol. The highest BCUT2D eigenvalue weighted by molar-refractivity contribution is 5.94. The fourth-order valence-electron chi connectivity index (χ4n) is 4.13. The molecule has 0 aliphatic carbocycles. The van der Waals surface area contributed by atoms with Crippen molar-refractivity contribution in [3.05, 3.63) is 59.2 Å². The van der Waals surface area contributed by atoms with Crippen molar-refractivity contribution in [2.45, 2.75) is 58.5 Å². The van der Waals surface area contributed by atoms with Gasteiger partial charge >= 0.3 is 0 Å². The zero-order chi connectivity index (χ0) is 20.6. The Hall–Kier alpha value is -2.53. The van der Waals surface area contributed by atoms with Gasteiger partial charge in [0.2, 0.25) is 0 Å². The van der Waals surface area contributed by atoms with Crippen LogP contribution in [0.1, 0.15) is 49.2 Å². The summed E-state index contributed by atoms with van der Waals surface area (Å²) in [5.41, 5.74) is 2.70. The molecule has 0 spiro atoms. The van der Waals surface area contributed by atoms with E-state index in [1.54, 1.807) is 0 Å². The lowest BCUT2D eigenvalue weighted by molar-refractivity contribution is -0.0586. The number of carbonyl (C=O) groups is 1. The second-order valence-electron chi connectivity index (χ2n) is 8.74. The van der Waals surface area contributed by atoms with E-state index < -0.39 is 0 Å². The molecule has 154 valence electrons. The first kappa shape index (κ1) is 19.8. The average Bonchev–Trinajstić information content (AvgIpc) is 3.00. The molecule has 2 heterocycles. The quantitative estimate of drug-likeness (QED) is 0.777. The number of para-hydroxylation sites is 1. The SMILES string of the molecule is C[C@H]1CN(C(=O)c2ccc(COc3cccc4c3OC(C)(C)C4)cc2)C[C@H](C)O1. The van der Waals surface area contributed by atoms with Crippen LogP contribution < -0.4 is 9.47 Å². The highest BCUT2D eigenvalue weighted by atomic mass is 16.5. The van der Waals surface area contributed by atoms with Gasteiger partial charge in [0, 0.05) is 30.6 Å². The van der Waals surface area contributed by atoms with Crippen LogP contribution in [-0.4, -0.2) is 41.7 Å². The van der Waals surface area contributed by atoms with Crippen LogP contribution in [0.2, 0.25) is 0 Å². The molecule has 0 radical (unpaired) electrons. The number of amides is 1. The van der Waals surface area contributed by atoms with E-state index in [1.807, 2.05) is 55.1 Å². The fraction of sp³-hybridized carbons (Fsp3) is 0.458. The van der Waals surface area contributed by atoms with Gasteiger partial charge in [-0.25, -0.2) is 0 Å². The minimum Gasteiger partial charge on any atom is -0.485 e. The summed E-state index contributed by atoms with van der Waals surface area (Å²) in [6.07, 6.45) is 1.01. The Morgan fingerprint density at radius 3 is 2.48 bits per heavy atom. The molecule has 0 N–H and O–H groups in total. The highest BCUT2D eigenvalue weighted by Gasteiger charge is 2.32. The van der Waals surface area contributed by atoms with Gasteiger partial charge in [0.1, 0.15) is 12.2 Å². The van der Waals surface area contributed by atoms with Gasteiger partial charge in [0.15, 0.2) is 11.5 Å². The molecule has 0 saturated carbocycles. The molecule has 1 amide bonds. The lowest BCUT2D eigenvalue weighted by atomic mass is 10.0. The van der Waals surface area contributed by atoms with Crippen molar-refractivity contribution in [1.82, 2.24) is 4.90 Å². The Balaban J connectivity index is 1.40. The maximum atomic E-state index is 12.8. The number of benzene rings is 2. The zero-order valence-electron chi connectivity index (χ0n) is 17.6. The summed E-state index contributed by atoms with van der Waals surface area (Å²) in [7, 11) is 0. The van der Waals surface area contributed by atoms with Gasteiger partial charge < -0.3 is 19.1 Å². The van der Waals surface area contributed by atoms with Crippen LogP contribution in [0.5, 0.6) is 11.5 Å². The molecule has 2 aromatic rings. The van der Waals surface area contributed by atoms with Crippen LogP contribution >= 0.6 is 0 Å². The molecular formula is C24H29NO4. The minimum absolute atomic E-state index is 0.0518. The minimum atomic E-state index is -0.196. The normalized spacial score (nSPS) is 22.7. The van der Waals surface area contributed by atoms with E-state index in [2.05, 4.69) is 19.9 Å². The van der Waals surface area contributed by atoms with E-state index >= 15 is 0 Å². The summed E-state index contributed by atoms with van der Waals surface area (Å²) < 4.78 is 17.8. The third kappa shape index (κ3) is 4.40. The lowest BCUT2D eigenvalue weighted by Gasteiger charge is -2.35. The molecule has 2 atom stereocenters. The second kappa shape index (κ2) is 7.71. The lowest BCUT2D eigenvalue weighted by Crippen LogP contribution is -2.48. The third-order valence-corrected chi connectivity index (χ3v) is 5.36. The van der Waals surface area contributed by atoms with E-state index in [1.165, 1.54) is 5.56 Å². The summed E-state index contributed by atoms with van der Waals surface area (Å²) >= 11 is 0. The van der Waals surface area contributed by atoms with Crippen molar-refractivity contribution in [1.29, 1.82) is 0 Å². The number of rotatable bonds is 4. The zero-order valence-corrected chi connectivity index (χ0v) is 17.6. The standard InChI is InChI=1S/C24H29NO4/c1-16-13-25(14-17(2)28-16)23(26)19-10-8-18(9-11-19)15-27-21-7-5-6-20-12-24(3,4)29-22(20)21/h5-11,16-17H,12-15H2,1-4H3/t16-,17-/m0/s1. The van der Waals surface area contributed by atoms with Crippen LogP contribution in [0.4, 0.5) is 0 Å². The summed E-state index contributed by atoms with van der Waals surface area (Å²) in [6.45, 7) is 9.86. The largest absolute Gasteiger partial charge is 0.485 e. The van der Waals surface area contributed by atoms with Gasteiger partial charge in [0.05, 0.1) is 12.2 Å². The van der Waals surface area contributed by atoms with Gasteiger partial charge in [-0.2, -0.15) is 0 Å². The molecule has 4 rings (SSSR count). The van der Waals surface area contributed by atoms with Crippen molar-refractivity contribution in [2.75, 3.05) is 13.1 Å². The van der Waals surface area contributed by atoms with E-state index in [9.17, 15) is 4.79 Å². The van der Waals surface area contributed by atoms with E-state index in [0.717, 1.165) is 23.5 Å². The van der Waals surface area contributed by atoms with Crippen molar-refractivity contribution in [2.24, 2.45) is 0 Å². The molecule has 0 bridgehead atoms. The number of morpholine rings is 1. The van der Waals surface area contributed by atoms with Gasteiger partial charge in [-0.05, 0) is 51.5 Å². The molecule has 1 saturated heterocycles. The monoisotopic (exact) mass is 395 g/mol. The van der Waals surface area contributed by atoms with Crippen LogP contribution in [-0.2, 0) is 17.8 Å². The summed E-state index contributed by atoms with van der Waals surface area (Å²) in [5.74, 6) is 1.67. The first-order chi connectivity index (χ1) is 13.8. The summed E-state index contributed by atoms with van der Waals surface area (Å²) in [5, 5.41) is 0. The van der Waals surface area contributed by atoms with E-state index in [4.69, 9.17) is 14.2 Å². The number of ether oxygens (including phenoxy) is 3. The first-order valence-corrected chi connectivity index (χ1v) is 10.3. The summed E-state index contributed by atoms with van der Waals surface area (Å²) in [6, 6.07) is 13.7. The smallest absolute Gasteiger partial charge is 0.254 e. The van der Waals surface area contributed by atoms with Crippen molar-refractivity contribution >= 4 is 5.91 Å². The Labute approximate surface area is 172 Å². The molecule has 2 aliphatic rings. The highest BCUT2D eigenvalue weighted by Crippen LogP contribution is 2.41. The number of nitrogens with zero attached hydrogens (tertiary/aromatic N) is 1. The fourth-order valence-corrected chi connectivity index (χ4v) is 4.13. The van der Waals surface area contributed by atoms with Crippen LogP contribution in [0.15, 0.2) is 42.5 Å². The predicted octanol–water partition coefficient (Wildman–Crippen LogP) is 4.23.